The molecule has 1 saturated carbocycles. The Bertz CT molecular complexity index is 488. The first kappa shape index (κ1) is 12.3. The molecule has 2 N–H and O–H groups in total. The highest BCUT2D eigenvalue weighted by molar-refractivity contribution is 5.81. The molecule has 18 heavy (non-hydrogen) atoms. The summed E-state index contributed by atoms with van der Waals surface area (Å²) >= 11 is 0. The van der Waals surface area contributed by atoms with Gasteiger partial charge in [-0.25, -0.2) is 4.39 Å². The predicted molar refractivity (Wildman–Crippen MR) is 62.7 cm³/mol. The van der Waals surface area contributed by atoms with Crippen molar-refractivity contribution in [3.05, 3.63) is 34.1 Å². The van der Waals surface area contributed by atoms with Crippen LogP contribution in [0.25, 0.3) is 0 Å². The van der Waals surface area contributed by atoms with Crippen LogP contribution in [0.4, 0.5) is 15.8 Å². The molecule has 6 nitrogen and oxygen atoms in total. The Hall–Kier alpha value is -2.18. The first-order valence-corrected chi connectivity index (χ1v) is 5.53. The minimum Gasteiger partial charge on any atom is -0.374 e. The van der Waals surface area contributed by atoms with E-state index in [1.165, 1.54) is 12.1 Å². The summed E-state index contributed by atoms with van der Waals surface area (Å²) in [6.45, 7) is -0.0504. The van der Waals surface area contributed by atoms with Crippen molar-refractivity contribution >= 4 is 17.3 Å². The van der Waals surface area contributed by atoms with E-state index in [-0.39, 0.29) is 29.9 Å². The molecule has 0 spiro atoms. The Labute approximate surface area is 102 Å². The summed E-state index contributed by atoms with van der Waals surface area (Å²) in [7, 11) is 0. The molecule has 0 heterocycles. The van der Waals surface area contributed by atoms with Gasteiger partial charge in [0.15, 0.2) is 5.82 Å². The molecular formula is C11H12FN3O3. The van der Waals surface area contributed by atoms with Crippen molar-refractivity contribution < 1.29 is 14.1 Å². The number of hydrogen-bond donors (Lipinski definition) is 2. The third kappa shape index (κ3) is 3.16. The topological polar surface area (TPSA) is 84.3 Å². The third-order valence-corrected chi connectivity index (χ3v) is 2.55. The number of hydrogen-bond acceptors (Lipinski definition) is 4. The van der Waals surface area contributed by atoms with Crippen LogP contribution in [-0.4, -0.2) is 23.4 Å². The number of carbonyl (C=O) groups excluding carboxylic acids is 1. The highest BCUT2D eigenvalue weighted by Crippen LogP contribution is 2.20. The number of amides is 1. The van der Waals surface area contributed by atoms with Crippen LogP contribution in [0, 0.1) is 15.9 Å². The van der Waals surface area contributed by atoms with Crippen molar-refractivity contribution in [3.63, 3.8) is 0 Å². The van der Waals surface area contributed by atoms with Gasteiger partial charge in [-0.05, 0) is 18.9 Å². The molecule has 0 atom stereocenters. The van der Waals surface area contributed by atoms with Gasteiger partial charge in [0.05, 0.1) is 23.2 Å². The summed E-state index contributed by atoms with van der Waals surface area (Å²) < 4.78 is 13.4. The minimum atomic E-state index is -0.747. The summed E-state index contributed by atoms with van der Waals surface area (Å²) in [5, 5.41) is 15.8. The molecule has 0 saturated heterocycles. The van der Waals surface area contributed by atoms with Crippen LogP contribution in [0.3, 0.4) is 0 Å². The standard InChI is InChI=1S/C11H12FN3O3/c12-9-5-8(15(17)18)3-4-10(9)13-6-11(16)14-7-1-2-7/h3-5,7,13H,1-2,6H2,(H,14,16). The normalized spacial score (nSPS) is 14.1. The van der Waals surface area contributed by atoms with Crippen molar-refractivity contribution in [2.24, 2.45) is 0 Å². The van der Waals surface area contributed by atoms with E-state index >= 15 is 0 Å². The Morgan fingerprint density at radius 2 is 2.22 bits per heavy atom. The molecule has 0 radical (unpaired) electrons. The number of rotatable bonds is 5. The van der Waals surface area contributed by atoms with E-state index in [0.717, 1.165) is 18.9 Å². The minimum absolute atomic E-state index is 0.0504. The summed E-state index contributed by atoms with van der Waals surface area (Å²) in [5.41, 5.74) is -0.243. The van der Waals surface area contributed by atoms with Gasteiger partial charge in [-0.3, -0.25) is 14.9 Å². The van der Waals surface area contributed by atoms with Crippen LogP contribution in [-0.2, 0) is 4.79 Å². The van der Waals surface area contributed by atoms with Crippen LogP contribution in [0.5, 0.6) is 0 Å². The van der Waals surface area contributed by atoms with Crippen molar-refractivity contribution in [3.8, 4) is 0 Å². The number of benzene rings is 1. The quantitative estimate of drug-likeness (QED) is 0.614. The van der Waals surface area contributed by atoms with Crippen LogP contribution >= 0.6 is 0 Å². The fourth-order valence-corrected chi connectivity index (χ4v) is 1.44. The van der Waals surface area contributed by atoms with Crippen molar-refractivity contribution in [2.75, 3.05) is 11.9 Å². The van der Waals surface area contributed by atoms with Crippen LogP contribution in [0.15, 0.2) is 18.2 Å². The van der Waals surface area contributed by atoms with E-state index in [0.29, 0.717) is 0 Å². The van der Waals surface area contributed by atoms with Gasteiger partial charge in [0.25, 0.3) is 5.69 Å². The average molecular weight is 253 g/mol. The Morgan fingerprint density at radius 3 is 2.78 bits per heavy atom. The molecule has 1 fully saturated rings. The van der Waals surface area contributed by atoms with Gasteiger partial charge in [0.2, 0.25) is 5.91 Å². The molecule has 0 aromatic heterocycles. The van der Waals surface area contributed by atoms with Crippen LogP contribution in [0.2, 0.25) is 0 Å². The zero-order valence-electron chi connectivity index (χ0n) is 9.48. The predicted octanol–water partition coefficient (Wildman–Crippen LogP) is 1.42. The fraction of sp³-hybridized carbons (Fsp3) is 0.364. The van der Waals surface area contributed by atoms with Crippen LogP contribution < -0.4 is 10.6 Å². The molecule has 1 aliphatic rings. The molecule has 1 aliphatic carbocycles. The Kier molecular flexibility index (Phi) is 3.40. The van der Waals surface area contributed by atoms with E-state index in [9.17, 15) is 19.3 Å². The number of nitro benzene ring substituents is 1. The van der Waals surface area contributed by atoms with Gasteiger partial charge < -0.3 is 10.6 Å². The fourth-order valence-electron chi connectivity index (χ4n) is 1.44. The zero-order valence-corrected chi connectivity index (χ0v) is 9.48. The Morgan fingerprint density at radius 1 is 1.50 bits per heavy atom. The lowest BCUT2D eigenvalue weighted by molar-refractivity contribution is -0.385. The van der Waals surface area contributed by atoms with Gasteiger partial charge in [-0.1, -0.05) is 0 Å². The highest BCUT2D eigenvalue weighted by atomic mass is 19.1. The van der Waals surface area contributed by atoms with E-state index in [1.807, 2.05) is 0 Å². The monoisotopic (exact) mass is 253 g/mol. The van der Waals surface area contributed by atoms with Gasteiger partial charge >= 0.3 is 0 Å². The molecule has 7 heteroatoms. The second-order valence-corrected chi connectivity index (χ2v) is 4.12. The second kappa shape index (κ2) is 4.99. The molecular weight excluding hydrogens is 241 g/mol. The molecule has 1 aromatic carbocycles. The Balaban J connectivity index is 1.92. The largest absolute Gasteiger partial charge is 0.374 e. The molecule has 0 unspecified atom stereocenters. The summed E-state index contributed by atoms with van der Waals surface area (Å²) in [6.07, 6.45) is 1.97. The van der Waals surface area contributed by atoms with E-state index < -0.39 is 10.7 Å². The van der Waals surface area contributed by atoms with Gasteiger partial charge in [-0.15, -0.1) is 0 Å². The van der Waals surface area contributed by atoms with Gasteiger partial charge in [0, 0.05) is 12.1 Å². The lowest BCUT2D eigenvalue weighted by atomic mass is 10.2. The molecule has 2 rings (SSSR count). The third-order valence-electron chi connectivity index (χ3n) is 2.55. The van der Waals surface area contributed by atoms with Crippen molar-refractivity contribution in [1.29, 1.82) is 0 Å². The molecule has 96 valence electrons. The maximum atomic E-state index is 13.4. The van der Waals surface area contributed by atoms with E-state index in [4.69, 9.17) is 0 Å². The number of halogens is 1. The molecule has 1 aromatic rings. The summed E-state index contributed by atoms with van der Waals surface area (Å²) in [5.74, 6) is -0.960. The maximum absolute atomic E-state index is 13.4. The molecule has 0 bridgehead atoms. The first-order chi connectivity index (χ1) is 8.56. The second-order valence-electron chi connectivity index (χ2n) is 4.12. The van der Waals surface area contributed by atoms with E-state index in [1.54, 1.807) is 0 Å². The lowest BCUT2D eigenvalue weighted by Crippen LogP contribution is -2.31. The number of nitro groups is 1. The van der Waals surface area contributed by atoms with Crippen molar-refractivity contribution in [2.45, 2.75) is 18.9 Å². The SMILES string of the molecule is O=C(CNc1ccc([N+](=O)[O-])cc1F)NC1CC1. The lowest BCUT2D eigenvalue weighted by Gasteiger charge is -2.07. The average Bonchev–Trinajstić information content (AvgIpc) is 3.11. The van der Waals surface area contributed by atoms with Gasteiger partial charge in [0.1, 0.15) is 0 Å². The molecule has 1 amide bonds. The van der Waals surface area contributed by atoms with Crippen molar-refractivity contribution in [1.82, 2.24) is 5.32 Å². The number of nitrogens with one attached hydrogen (secondary N) is 2. The van der Waals surface area contributed by atoms with E-state index in [2.05, 4.69) is 10.6 Å². The number of non-ortho nitro benzene ring substituents is 1. The molecule has 0 aliphatic heterocycles. The zero-order chi connectivity index (χ0) is 13.1. The number of carbonyl (C=O) groups is 1. The van der Waals surface area contributed by atoms with Crippen LogP contribution in [0.1, 0.15) is 12.8 Å². The highest BCUT2D eigenvalue weighted by Gasteiger charge is 2.23. The smallest absolute Gasteiger partial charge is 0.272 e. The number of anilines is 1. The summed E-state index contributed by atoms with van der Waals surface area (Å²) in [6, 6.07) is 3.50. The first-order valence-electron chi connectivity index (χ1n) is 5.53. The maximum Gasteiger partial charge on any atom is 0.272 e. The van der Waals surface area contributed by atoms with Gasteiger partial charge in [-0.2, -0.15) is 0 Å². The summed E-state index contributed by atoms with van der Waals surface area (Å²) in [4.78, 5) is 21.1. The number of nitrogens with zero attached hydrogens (tertiary/aromatic N) is 1.